The first-order valence-corrected chi connectivity index (χ1v) is 10.5. The number of nitrogens with one attached hydrogen (secondary N) is 2. The van der Waals surface area contributed by atoms with Gasteiger partial charge in [0.1, 0.15) is 17.4 Å². The highest BCUT2D eigenvalue weighted by atomic mass is 35.5. The van der Waals surface area contributed by atoms with Gasteiger partial charge >= 0.3 is 0 Å². The van der Waals surface area contributed by atoms with Gasteiger partial charge in [-0.1, -0.05) is 47.5 Å². The van der Waals surface area contributed by atoms with Crippen molar-refractivity contribution in [1.29, 1.82) is 5.26 Å². The van der Waals surface area contributed by atoms with Gasteiger partial charge in [0, 0.05) is 16.4 Å². The molecule has 3 aromatic carbocycles. The molecule has 3 aromatic rings. The number of ether oxygens (including phenoxy) is 1. The SMILES string of the molecule is Cc1ccc(NC(=O)COc2cccc(/C=C(/C#N)C(=O)Nc3cccc(Cl)c3)c2)c(C)c1. The molecule has 0 saturated heterocycles. The molecule has 0 atom stereocenters. The Bertz CT molecular complexity index is 1260. The fraction of sp³-hybridized carbons (Fsp3) is 0.115. The van der Waals surface area contributed by atoms with Gasteiger partial charge in [0.05, 0.1) is 0 Å². The van der Waals surface area contributed by atoms with Crippen LogP contribution in [-0.2, 0) is 9.59 Å². The van der Waals surface area contributed by atoms with Gasteiger partial charge in [-0.3, -0.25) is 9.59 Å². The third-order valence-electron chi connectivity index (χ3n) is 4.64. The van der Waals surface area contributed by atoms with Gasteiger partial charge in [0.2, 0.25) is 0 Å². The molecule has 0 heterocycles. The number of carbonyl (C=O) groups is 2. The quantitative estimate of drug-likeness (QED) is 0.359. The lowest BCUT2D eigenvalue weighted by atomic mass is 10.1. The molecule has 0 aromatic heterocycles. The fourth-order valence-corrected chi connectivity index (χ4v) is 3.25. The van der Waals surface area contributed by atoms with Crippen LogP contribution >= 0.6 is 11.6 Å². The number of carbonyl (C=O) groups excluding carboxylic acids is 2. The number of nitrogens with zero attached hydrogens (tertiary/aromatic N) is 1. The number of hydrogen-bond donors (Lipinski definition) is 2. The first-order valence-electron chi connectivity index (χ1n) is 10.1. The highest BCUT2D eigenvalue weighted by molar-refractivity contribution is 6.31. The lowest BCUT2D eigenvalue weighted by Gasteiger charge is -2.10. The molecule has 0 radical (unpaired) electrons. The Morgan fingerprint density at radius 2 is 1.82 bits per heavy atom. The molecule has 0 aliphatic carbocycles. The minimum absolute atomic E-state index is 0.0836. The van der Waals surface area contributed by atoms with Gasteiger partial charge < -0.3 is 15.4 Å². The van der Waals surface area contributed by atoms with E-state index in [0.717, 1.165) is 16.8 Å². The van der Waals surface area contributed by atoms with Crippen molar-refractivity contribution in [2.45, 2.75) is 13.8 Å². The summed E-state index contributed by atoms with van der Waals surface area (Å²) in [5.74, 6) is -0.410. The number of aryl methyl sites for hydroxylation is 2. The highest BCUT2D eigenvalue weighted by Crippen LogP contribution is 2.19. The molecule has 6 nitrogen and oxygen atoms in total. The van der Waals surface area contributed by atoms with Crippen LogP contribution in [-0.4, -0.2) is 18.4 Å². The Morgan fingerprint density at radius 1 is 1.03 bits per heavy atom. The number of amides is 2. The summed E-state index contributed by atoms with van der Waals surface area (Å²) in [6, 6.07) is 21.1. The van der Waals surface area contributed by atoms with Gasteiger partial charge in [0.15, 0.2) is 6.61 Å². The maximum atomic E-state index is 12.5. The molecule has 0 aliphatic heterocycles. The number of benzene rings is 3. The number of anilines is 2. The van der Waals surface area contributed by atoms with E-state index in [-0.39, 0.29) is 18.1 Å². The van der Waals surface area contributed by atoms with Crippen LogP contribution in [0, 0.1) is 25.2 Å². The second-order valence-corrected chi connectivity index (χ2v) is 7.80. The summed E-state index contributed by atoms with van der Waals surface area (Å²) < 4.78 is 5.59. The van der Waals surface area contributed by atoms with Gasteiger partial charge in [-0.05, 0) is 67.4 Å². The van der Waals surface area contributed by atoms with E-state index in [1.807, 2.05) is 38.1 Å². The van der Waals surface area contributed by atoms with E-state index >= 15 is 0 Å². The van der Waals surface area contributed by atoms with Crippen molar-refractivity contribution < 1.29 is 14.3 Å². The van der Waals surface area contributed by atoms with Crippen LogP contribution in [0.25, 0.3) is 6.08 Å². The molecule has 2 amide bonds. The molecule has 33 heavy (non-hydrogen) atoms. The Morgan fingerprint density at radius 3 is 2.55 bits per heavy atom. The summed E-state index contributed by atoms with van der Waals surface area (Å²) in [6.45, 7) is 3.73. The van der Waals surface area contributed by atoms with Crippen molar-refractivity contribution in [2.24, 2.45) is 0 Å². The molecule has 166 valence electrons. The second-order valence-electron chi connectivity index (χ2n) is 7.36. The zero-order valence-electron chi connectivity index (χ0n) is 18.2. The fourth-order valence-electron chi connectivity index (χ4n) is 3.06. The lowest BCUT2D eigenvalue weighted by molar-refractivity contribution is -0.118. The van der Waals surface area contributed by atoms with E-state index < -0.39 is 5.91 Å². The standard InChI is InChI=1S/C26H22ClN3O3/c1-17-9-10-24(18(2)11-17)30-25(31)16-33-23-8-3-5-19(13-23)12-20(15-28)26(32)29-22-7-4-6-21(27)14-22/h3-14H,16H2,1-2H3,(H,29,32)(H,30,31)/b20-12-. The molecular weight excluding hydrogens is 438 g/mol. The average Bonchev–Trinajstić information content (AvgIpc) is 2.78. The maximum Gasteiger partial charge on any atom is 0.266 e. The van der Waals surface area contributed by atoms with Crippen molar-refractivity contribution in [2.75, 3.05) is 17.2 Å². The minimum atomic E-state index is -0.557. The van der Waals surface area contributed by atoms with Crippen molar-refractivity contribution >= 4 is 40.9 Å². The number of halogens is 1. The van der Waals surface area contributed by atoms with Crippen molar-refractivity contribution in [3.8, 4) is 11.8 Å². The molecule has 0 spiro atoms. The maximum absolute atomic E-state index is 12.5. The first kappa shape index (κ1) is 23.6. The van der Waals surface area contributed by atoms with E-state index in [4.69, 9.17) is 16.3 Å². The van der Waals surface area contributed by atoms with E-state index in [1.54, 1.807) is 48.5 Å². The summed E-state index contributed by atoms with van der Waals surface area (Å²) >= 11 is 5.93. The van der Waals surface area contributed by atoms with Crippen LogP contribution in [0.3, 0.4) is 0 Å². The van der Waals surface area contributed by atoms with Crippen LogP contribution in [0.5, 0.6) is 5.75 Å². The van der Waals surface area contributed by atoms with E-state index in [9.17, 15) is 14.9 Å². The molecule has 2 N–H and O–H groups in total. The summed E-state index contributed by atoms with van der Waals surface area (Å²) in [7, 11) is 0. The van der Waals surface area contributed by atoms with E-state index in [0.29, 0.717) is 22.0 Å². The summed E-state index contributed by atoms with van der Waals surface area (Å²) in [6.07, 6.45) is 1.45. The number of nitriles is 1. The highest BCUT2D eigenvalue weighted by Gasteiger charge is 2.11. The number of hydrogen-bond acceptors (Lipinski definition) is 4. The minimum Gasteiger partial charge on any atom is -0.484 e. The van der Waals surface area contributed by atoms with Crippen LogP contribution in [0.15, 0.2) is 72.3 Å². The smallest absolute Gasteiger partial charge is 0.266 e. The van der Waals surface area contributed by atoms with Crippen molar-refractivity contribution in [3.63, 3.8) is 0 Å². The van der Waals surface area contributed by atoms with Crippen LogP contribution in [0.4, 0.5) is 11.4 Å². The van der Waals surface area contributed by atoms with Gasteiger partial charge in [-0.2, -0.15) is 5.26 Å². The van der Waals surface area contributed by atoms with Crippen LogP contribution in [0.2, 0.25) is 5.02 Å². The van der Waals surface area contributed by atoms with E-state index in [1.165, 1.54) is 6.08 Å². The monoisotopic (exact) mass is 459 g/mol. The first-order chi connectivity index (χ1) is 15.8. The van der Waals surface area contributed by atoms with Crippen LogP contribution in [0.1, 0.15) is 16.7 Å². The average molecular weight is 460 g/mol. The predicted molar refractivity (Wildman–Crippen MR) is 130 cm³/mol. The lowest BCUT2D eigenvalue weighted by Crippen LogP contribution is -2.20. The topological polar surface area (TPSA) is 91.2 Å². The van der Waals surface area contributed by atoms with Gasteiger partial charge in [-0.25, -0.2) is 0 Å². The molecule has 7 heteroatoms. The largest absolute Gasteiger partial charge is 0.484 e. The van der Waals surface area contributed by atoms with Gasteiger partial charge in [0.25, 0.3) is 11.8 Å². The molecule has 3 rings (SSSR count). The Hall–Kier alpha value is -4.08. The Balaban J connectivity index is 1.64. The second kappa shape index (κ2) is 11.0. The predicted octanol–water partition coefficient (Wildman–Crippen LogP) is 5.52. The van der Waals surface area contributed by atoms with Crippen molar-refractivity contribution in [1.82, 2.24) is 0 Å². The molecule has 0 bridgehead atoms. The number of rotatable bonds is 7. The molecule has 0 saturated carbocycles. The third kappa shape index (κ3) is 6.96. The normalized spacial score (nSPS) is 10.8. The molecule has 0 aliphatic rings. The third-order valence-corrected chi connectivity index (χ3v) is 4.88. The van der Waals surface area contributed by atoms with Crippen molar-refractivity contribution in [3.05, 3.63) is 94.0 Å². The summed E-state index contributed by atoms with van der Waals surface area (Å²) in [4.78, 5) is 24.7. The van der Waals surface area contributed by atoms with Crippen LogP contribution < -0.4 is 15.4 Å². The Labute approximate surface area is 197 Å². The zero-order chi connectivity index (χ0) is 23.8. The summed E-state index contributed by atoms with van der Waals surface area (Å²) in [5.41, 5.74) is 3.80. The van der Waals surface area contributed by atoms with Gasteiger partial charge in [-0.15, -0.1) is 0 Å². The van der Waals surface area contributed by atoms with E-state index in [2.05, 4.69) is 10.6 Å². The Kier molecular flexibility index (Phi) is 7.85. The zero-order valence-corrected chi connectivity index (χ0v) is 18.9. The molecule has 0 fully saturated rings. The molecular formula is C26H22ClN3O3. The summed E-state index contributed by atoms with van der Waals surface area (Å²) in [5, 5.41) is 15.4. The molecule has 0 unspecified atom stereocenters.